The lowest BCUT2D eigenvalue weighted by molar-refractivity contribution is -0.137. The minimum atomic E-state index is 0.151. The third-order valence-corrected chi connectivity index (χ3v) is 5.20. The topological polar surface area (TPSA) is 46.3 Å². The Kier molecular flexibility index (Phi) is 3.79. The summed E-state index contributed by atoms with van der Waals surface area (Å²) in [5.41, 5.74) is 8.56. The predicted molar refractivity (Wildman–Crippen MR) is 80.2 cm³/mol. The van der Waals surface area contributed by atoms with E-state index in [0.29, 0.717) is 18.4 Å². The molecule has 0 bridgehead atoms. The summed E-state index contributed by atoms with van der Waals surface area (Å²) in [6.07, 6.45) is 5.42. The number of fused-ring (bicyclic) bond motifs is 1. The second kappa shape index (κ2) is 5.57. The Morgan fingerprint density at radius 1 is 1.30 bits per heavy atom. The monoisotopic (exact) mass is 272 g/mol. The molecule has 3 rings (SSSR count). The number of aryl methyl sites for hydroxylation is 1. The quantitative estimate of drug-likeness (QED) is 0.919. The molecule has 1 amide bonds. The zero-order valence-corrected chi connectivity index (χ0v) is 12.2. The summed E-state index contributed by atoms with van der Waals surface area (Å²) in [4.78, 5) is 14.8. The molecular formula is C17H24N2O. The molecule has 1 fully saturated rings. The number of nitrogens with two attached hydrogens (primary N) is 1. The molecule has 0 saturated heterocycles. The van der Waals surface area contributed by atoms with Gasteiger partial charge in [-0.2, -0.15) is 0 Å². The Balaban J connectivity index is 1.76. The van der Waals surface area contributed by atoms with Gasteiger partial charge in [0, 0.05) is 13.0 Å². The number of amides is 1. The van der Waals surface area contributed by atoms with Crippen LogP contribution in [0.5, 0.6) is 0 Å². The van der Waals surface area contributed by atoms with Crippen LogP contribution in [0.4, 0.5) is 0 Å². The summed E-state index contributed by atoms with van der Waals surface area (Å²) >= 11 is 0. The Morgan fingerprint density at radius 3 is 2.90 bits per heavy atom. The van der Waals surface area contributed by atoms with Crippen molar-refractivity contribution < 1.29 is 4.79 Å². The first-order chi connectivity index (χ1) is 9.72. The highest BCUT2D eigenvalue weighted by atomic mass is 16.2. The van der Waals surface area contributed by atoms with Crippen molar-refractivity contribution in [2.24, 2.45) is 17.6 Å². The first-order valence-corrected chi connectivity index (χ1v) is 7.77. The summed E-state index contributed by atoms with van der Waals surface area (Å²) in [7, 11) is 1.97. The van der Waals surface area contributed by atoms with E-state index in [-0.39, 0.29) is 12.0 Å². The van der Waals surface area contributed by atoms with Crippen LogP contribution in [0.25, 0.3) is 0 Å². The van der Waals surface area contributed by atoms with Crippen molar-refractivity contribution in [1.29, 1.82) is 0 Å². The van der Waals surface area contributed by atoms with E-state index >= 15 is 0 Å². The van der Waals surface area contributed by atoms with Gasteiger partial charge in [0.2, 0.25) is 5.91 Å². The molecule has 2 N–H and O–H groups in total. The van der Waals surface area contributed by atoms with Crippen LogP contribution in [0, 0.1) is 11.8 Å². The fraction of sp³-hybridized carbons (Fsp3) is 0.588. The van der Waals surface area contributed by atoms with E-state index in [4.69, 9.17) is 5.73 Å². The van der Waals surface area contributed by atoms with Crippen LogP contribution < -0.4 is 5.73 Å². The summed E-state index contributed by atoms with van der Waals surface area (Å²) in [5.74, 6) is 0.846. The fourth-order valence-electron chi connectivity index (χ4n) is 4.00. The molecule has 1 aromatic carbocycles. The molecular weight excluding hydrogens is 248 g/mol. The summed E-state index contributed by atoms with van der Waals surface area (Å²) in [6.45, 7) is 0.644. The number of nitrogens with zero attached hydrogens (tertiary/aromatic N) is 1. The molecule has 0 radical (unpaired) electrons. The van der Waals surface area contributed by atoms with Crippen molar-refractivity contribution in [1.82, 2.24) is 4.90 Å². The van der Waals surface area contributed by atoms with Gasteiger partial charge in [0.25, 0.3) is 0 Å². The number of rotatable bonds is 3. The number of hydrogen-bond acceptors (Lipinski definition) is 2. The van der Waals surface area contributed by atoms with E-state index in [0.717, 1.165) is 32.1 Å². The molecule has 1 aromatic rings. The van der Waals surface area contributed by atoms with E-state index in [1.54, 1.807) is 0 Å². The number of carbonyl (C=O) groups excluding carboxylic acids is 1. The zero-order chi connectivity index (χ0) is 14.1. The largest absolute Gasteiger partial charge is 0.338 e. The highest BCUT2D eigenvalue weighted by Crippen LogP contribution is 2.38. The lowest BCUT2D eigenvalue weighted by Gasteiger charge is -2.30. The predicted octanol–water partition coefficient (Wildman–Crippen LogP) is 2.51. The van der Waals surface area contributed by atoms with E-state index in [1.165, 1.54) is 11.1 Å². The van der Waals surface area contributed by atoms with Crippen LogP contribution in [-0.4, -0.2) is 24.4 Å². The van der Waals surface area contributed by atoms with Gasteiger partial charge in [-0.05, 0) is 49.3 Å². The molecule has 20 heavy (non-hydrogen) atoms. The van der Waals surface area contributed by atoms with Crippen LogP contribution in [0.15, 0.2) is 24.3 Å². The molecule has 3 atom stereocenters. The average molecular weight is 272 g/mol. The van der Waals surface area contributed by atoms with Gasteiger partial charge in [-0.3, -0.25) is 4.79 Å². The maximum atomic E-state index is 12.8. The Bertz CT molecular complexity index is 500. The Labute approximate surface area is 121 Å². The molecule has 0 spiro atoms. The maximum Gasteiger partial charge on any atom is 0.226 e. The van der Waals surface area contributed by atoms with Gasteiger partial charge >= 0.3 is 0 Å². The van der Waals surface area contributed by atoms with E-state index < -0.39 is 0 Å². The molecule has 108 valence electrons. The van der Waals surface area contributed by atoms with Gasteiger partial charge in [-0.1, -0.05) is 30.7 Å². The van der Waals surface area contributed by atoms with Crippen molar-refractivity contribution in [3.05, 3.63) is 35.4 Å². The normalized spacial score (nSPS) is 28.4. The molecule has 2 aliphatic rings. The lowest BCUT2D eigenvalue weighted by atomic mass is 9.94. The highest BCUT2D eigenvalue weighted by molar-refractivity contribution is 5.80. The van der Waals surface area contributed by atoms with E-state index in [1.807, 2.05) is 11.9 Å². The highest BCUT2D eigenvalue weighted by Gasteiger charge is 2.37. The molecule has 3 nitrogen and oxygen atoms in total. The minimum Gasteiger partial charge on any atom is -0.338 e. The first-order valence-electron chi connectivity index (χ1n) is 7.77. The molecule has 0 heterocycles. The average Bonchev–Trinajstić information content (AvgIpc) is 3.12. The second-order valence-corrected chi connectivity index (χ2v) is 6.24. The van der Waals surface area contributed by atoms with Crippen LogP contribution >= 0.6 is 0 Å². The van der Waals surface area contributed by atoms with E-state index in [9.17, 15) is 4.79 Å². The van der Waals surface area contributed by atoms with E-state index in [2.05, 4.69) is 24.3 Å². The van der Waals surface area contributed by atoms with Gasteiger partial charge in [0.1, 0.15) is 0 Å². The van der Waals surface area contributed by atoms with Gasteiger partial charge in [0.05, 0.1) is 6.04 Å². The van der Waals surface area contributed by atoms with Gasteiger partial charge < -0.3 is 10.6 Å². The second-order valence-electron chi connectivity index (χ2n) is 6.24. The number of benzene rings is 1. The molecule has 2 aliphatic carbocycles. The van der Waals surface area contributed by atoms with Crippen molar-refractivity contribution in [2.45, 2.75) is 38.1 Å². The van der Waals surface area contributed by atoms with Crippen molar-refractivity contribution in [2.75, 3.05) is 13.6 Å². The zero-order valence-electron chi connectivity index (χ0n) is 12.2. The molecule has 0 aromatic heterocycles. The standard InChI is InChI=1S/C17H24N2O/c1-19(17(20)15-8-4-6-13(15)11-18)16-10-9-12-5-2-3-7-14(12)16/h2-3,5,7,13,15-16H,4,6,8-11,18H2,1H3. The molecule has 3 unspecified atom stereocenters. The van der Waals surface area contributed by atoms with Gasteiger partial charge in [0.15, 0.2) is 0 Å². The summed E-state index contributed by atoms with van der Waals surface area (Å²) in [5, 5.41) is 0. The van der Waals surface area contributed by atoms with Crippen molar-refractivity contribution in [3.63, 3.8) is 0 Å². The van der Waals surface area contributed by atoms with Crippen molar-refractivity contribution in [3.8, 4) is 0 Å². The third kappa shape index (κ3) is 2.24. The lowest BCUT2D eigenvalue weighted by Crippen LogP contribution is -2.38. The van der Waals surface area contributed by atoms with Gasteiger partial charge in [-0.25, -0.2) is 0 Å². The smallest absolute Gasteiger partial charge is 0.226 e. The van der Waals surface area contributed by atoms with Crippen molar-refractivity contribution >= 4 is 5.91 Å². The van der Waals surface area contributed by atoms with Crippen LogP contribution in [-0.2, 0) is 11.2 Å². The fourth-order valence-corrected chi connectivity index (χ4v) is 4.00. The maximum absolute atomic E-state index is 12.8. The summed E-state index contributed by atoms with van der Waals surface area (Å²) < 4.78 is 0. The molecule has 3 heteroatoms. The number of hydrogen-bond donors (Lipinski definition) is 1. The van der Waals surface area contributed by atoms with Crippen LogP contribution in [0.3, 0.4) is 0 Å². The SMILES string of the molecule is CN(C(=O)C1CCCC1CN)C1CCc2ccccc21. The van der Waals surface area contributed by atoms with Crippen LogP contribution in [0.2, 0.25) is 0 Å². The van der Waals surface area contributed by atoms with Crippen LogP contribution in [0.1, 0.15) is 42.9 Å². The number of carbonyl (C=O) groups is 1. The Morgan fingerprint density at radius 2 is 2.10 bits per heavy atom. The molecule has 0 aliphatic heterocycles. The first kappa shape index (κ1) is 13.6. The summed E-state index contributed by atoms with van der Waals surface area (Å²) in [6, 6.07) is 8.79. The van der Waals surface area contributed by atoms with Gasteiger partial charge in [-0.15, -0.1) is 0 Å². The Hall–Kier alpha value is -1.35. The molecule has 1 saturated carbocycles. The minimum absolute atomic E-state index is 0.151. The third-order valence-electron chi connectivity index (χ3n) is 5.20.